The third-order valence-corrected chi connectivity index (χ3v) is 4.23. The minimum Gasteiger partial charge on any atom is -0.307 e. The molecule has 1 aromatic heterocycles. The topological polar surface area (TPSA) is 63.5 Å². The lowest BCUT2D eigenvalue weighted by atomic mass is 10.0. The highest BCUT2D eigenvalue weighted by Crippen LogP contribution is 2.32. The van der Waals surface area contributed by atoms with Crippen LogP contribution >= 0.6 is 11.3 Å². The maximum Gasteiger partial charge on any atom is 0.271 e. The number of fused-ring (bicyclic) bond motifs is 1. The Balaban J connectivity index is 2.02. The largest absolute Gasteiger partial charge is 0.307 e. The van der Waals surface area contributed by atoms with E-state index in [0.717, 1.165) is 18.4 Å². The minimum atomic E-state index is -0.428. The average Bonchev–Trinajstić information content (AvgIpc) is 2.99. The Morgan fingerprint density at radius 2 is 2.20 bits per heavy atom. The van der Waals surface area contributed by atoms with Crippen molar-refractivity contribution in [2.45, 2.75) is 12.8 Å². The molecule has 1 aliphatic heterocycles. The number of aryl methyl sites for hydroxylation is 1. The van der Waals surface area contributed by atoms with Gasteiger partial charge in [-0.1, -0.05) is 12.1 Å². The van der Waals surface area contributed by atoms with E-state index in [1.54, 1.807) is 17.0 Å². The summed E-state index contributed by atoms with van der Waals surface area (Å²) in [6, 6.07) is 8.36. The normalized spacial score (nSPS) is 13.9. The summed E-state index contributed by atoms with van der Waals surface area (Å²) in [6.45, 7) is 0.602. The summed E-state index contributed by atoms with van der Waals surface area (Å²) in [7, 11) is 0. The van der Waals surface area contributed by atoms with Gasteiger partial charge in [-0.15, -0.1) is 11.3 Å². The number of carbonyl (C=O) groups is 1. The van der Waals surface area contributed by atoms with Crippen LogP contribution in [0.2, 0.25) is 0 Å². The summed E-state index contributed by atoms with van der Waals surface area (Å²) in [4.78, 5) is 25.2. The quantitative estimate of drug-likeness (QED) is 0.629. The molecule has 0 aliphatic carbocycles. The molecule has 0 saturated heterocycles. The molecule has 1 amide bonds. The summed E-state index contributed by atoms with van der Waals surface area (Å²) in [5, 5.41) is 12.7. The Morgan fingerprint density at radius 3 is 2.90 bits per heavy atom. The third kappa shape index (κ3) is 2.18. The van der Waals surface area contributed by atoms with Crippen molar-refractivity contribution in [3.05, 3.63) is 56.3 Å². The molecule has 5 nitrogen and oxygen atoms in total. The number of anilines is 1. The number of rotatable bonds is 2. The second-order valence-electron chi connectivity index (χ2n) is 4.61. The molecule has 3 rings (SSSR count). The summed E-state index contributed by atoms with van der Waals surface area (Å²) in [5.74, 6) is -0.0820. The lowest BCUT2D eigenvalue weighted by Crippen LogP contribution is -2.35. The second kappa shape index (κ2) is 5.05. The number of nitrogens with zero attached hydrogens (tertiary/aromatic N) is 2. The fraction of sp³-hybridized carbons (Fsp3) is 0.214. The van der Waals surface area contributed by atoms with Crippen molar-refractivity contribution in [2.24, 2.45) is 0 Å². The van der Waals surface area contributed by atoms with E-state index in [0.29, 0.717) is 17.1 Å². The number of nitro groups is 1. The van der Waals surface area contributed by atoms with Gasteiger partial charge in [0.15, 0.2) is 0 Å². The first kappa shape index (κ1) is 12.8. The van der Waals surface area contributed by atoms with Crippen LogP contribution in [0.1, 0.15) is 21.7 Å². The lowest BCUT2D eigenvalue weighted by molar-refractivity contribution is -0.384. The van der Waals surface area contributed by atoms with Crippen LogP contribution in [0.15, 0.2) is 35.7 Å². The van der Waals surface area contributed by atoms with Gasteiger partial charge in [0.2, 0.25) is 0 Å². The van der Waals surface area contributed by atoms with Crippen LogP contribution in [0, 0.1) is 10.1 Å². The Bertz CT molecular complexity index is 667. The van der Waals surface area contributed by atoms with E-state index in [9.17, 15) is 14.9 Å². The maximum absolute atomic E-state index is 12.5. The zero-order valence-corrected chi connectivity index (χ0v) is 11.4. The van der Waals surface area contributed by atoms with E-state index in [1.165, 1.54) is 23.5 Å². The molecule has 0 bridgehead atoms. The fourth-order valence-corrected chi connectivity index (χ4v) is 3.09. The van der Waals surface area contributed by atoms with E-state index < -0.39 is 4.92 Å². The molecule has 0 fully saturated rings. The molecule has 1 aliphatic rings. The molecule has 0 N–H and O–H groups in total. The summed E-state index contributed by atoms with van der Waals surface area (Å²) < 4.78 is 0. The molecule has 2 aromatic rings. The van der Waals surface area contributed by atoms with Crippen LogP contribution in [0.25, 0.3) is 0 Å². The number of thiophene rings is 1. The number of carbonyl (C=O) groups excluding carboxylic acids is 1. The molecule has 2 heterocycles. The smallest absolute Gasteiger partial charge is 0.271 e. The first-order valence-corrected chi connectivity index (χ1v) is 7.17. The van der Waals surface area contributed by atoms with E-state index in [-0.39, 0.29) is 11.6 Å². The van der Waals surface area contributed by atoms with Crippen LogP contribution in [-0.2, 0) is 6.42 Å². The first-order chi connectivity index (χ1) is 9.66. The lowest BCUT2D eigenvalue weighted by Gasteiger charge is -2.28. The highest BCUT2D eigenvalue weighted by Gasteiger charge is 2.25. The Labute approximate surface area is 119 Å². The molecule has 0 radical (unpaired) electrons. The maximum atomic E-state index is 12.5. The van der Waals surface area contributed by atoms with E-state index in [1.807, 2.05) is 11.4 Å². The van der Waals surface area contributed by atoms with Crippen molar-refractivity contribution in [3.8, 4) is 0 Å². The van der Waals surface area contributed by atoms with Crippen molar-refractivity contribution in [1.82, 2.24) is 0 Å². The van der Waals surface area contributed by atoms with Crippen molar-refractivity contribution in [1.29, 1.82) is 0 Å². The predicted molar refractivity (Wildman–Crippen MR) is 77.4 cm³/mol. The third-order valence-electron chi connectivity index (χ3n) is 3.38. The fourth-order valence-electron chi connectivity index (χ4n) is 2.42. The first-order valence-electron chi connectivity index (χ1n) is 6.29. The predicted octanol–water partition coefficient (Wildman–Crippen LogP) is 3.25. The zero-order chi connectivity index (χ0) is 14.1. The second-order valence-corrected chi connectivity index (χ2v) is 5.56. The van der Waals surface area contributed by atoms with Crippen LogP contribution in [0.5, 0.6) is 0 Å². The Hall–Kier alpha value is -2.21. The molecule has 20 heavy (non-hydrogen) atoms. The summed E-state index contributed by atoms with van der Waals surface area (Å²) in [6.07, 6.45) is 1.73. The monoisotopic (exact) mass is 288 g/mol. The van der Waals surface area contributed by atoms with Gasteiger partial charge in [-0.3, -0.25) is 14.9 Å². The van der Waals surface area contributed by atoms with E-state index in [2.05, 4.69) is 0 Å². The molecular formula is C14H12N2O3S. The van der Waals surface area contributed by atoms with Crippen molar-refractivity contribution < 1.29 is 9.72 Å². The molecule has 0 saturated carbocycles. The molecule has 0 spiro atoms. The van der Waals surface area contributed by atoms with Crippen molar-refractivity contribution >= 4 is 28.6 Å². The summed E-state index contributed by atoms with van der Waals surface area (Å²) in [5.41, 5.74) is 1.69. The van der Waals surface area contributed by atoms with E-state index in [4.69, 9.17) is 0 Å². The van der Waals surface area contributed by atoms with Crippen LogP contribution in [0.4, 0.5) is 11.4 Å². The van der Waals surface area contributed by atoms with Gasteiger partial charge < -0.3 is 4.90 Å². The number of benzene rings is 1. The number of hydrogen-bond donors (Lipinski definition) is 0. The van der Waals surface area contributed by atoms with E-state index >= 15 is 0 Å². The van der Waals surface area contributed by atoms with Gasteiger partial charge in [0.1, 0.15) is 0 Å². The number of non-ortho nitro benzene ring substituents is 1. The molecule has 102 valence electrons. The van der Waals surface area contributed by atoms with Crippen molar-refractivity contribution in [3.63, 3.8) is 0 Å². The van der Waals surface area contributed by atoms with Gasteiger partial charge in [0.05, 0.1) is 15.5 Å². The van der Waals surface area contributed by atoms with Gasteiger partial charge in [0.25, 0.3) is 11.6 Å². The van der Waals surface area contributed by atoms with Crippen LogP contribution in [0.3, 0.4) is 0 Å². The van der Waals surface area contributed by atoms with Crippen molar-refractivity contribution in [2.75, 3.05) is 11.4 Å². The Kier molecular flexibility index (Phi) is 3.23. The molecule has 0 unspecified atom stereocenters. The van der Waals surface area contributed by atoms with Gasteiger partial charge in [-0.2, -0.15) is 0 Å². The number of nitro benzene ring substituents is 1. The van der Waals surface area contributed by atoms with Crippen LogP contribution in [-0.4, -0.2) is 17.4 Å². The van der Waals surface area contributed by atoms with Gasteiger partial charge >= 0.3 is 0 Å². The molecule has 6 heteroatoms. The SMILES string of the molecule is O=C(c1cccs1)N1CCCc2ccc([N+](=O)[O-])cc21. The van der Waals surface area contributed by atoms with Gasteiger partial charge in [0, 0.05) is 18.7 Å². The average molecular weight is 288 g/mol. The standard InChI is InChI=1S/C14H12N2O3S/c17-14(13-4-2-8-20-13)15-7-1-3-10-5-6-11(16(18)19)9-12(10)15/h2,4-6,8-9H,1,3,7H2. The molecule has 0 atom stereocenters. The highest BCUT2D eigenvalue weighted by atomic mass is 32.1. The molecule has 1 aromatic carbocycles. The van der Waals surface area contributed by atoms with Gasteiger partial charge in [-0.25, -0.2) is 0 Å². The molecular weight excluding hydrogens is 276 g/mol. The zero-order valence-electron chi connectivity index (χ0n) is 10.6. The van der Waals surface area contributed by atoms with Gasteiger partial charge in [-0.05, 0) is 29.9 Å². The van der Waals surface area contributed by atoms with Crippen LogP contribution < -0.4 is 4.90 Å². The minimum absolute atomic E-state index is 0.0228. The highest BCUT2D eigenvalue weighted by molar-refractivity contribution is 7.12. The summed E-state index contributed by atoms with van der Waals surface area (Å²) >= 11 is 1.38. The Morgan fingerprint density at radius 1 is 1.35 bits per heavy atom. The number of hydrogen-bond acceptors (Lipinski definition) is 4. The number of amides is 1.